The van der Waals surface area contributed by atoms with Gasteiger partial charge in [0, 0.05) is 53.0 Å². The van der Waals surface area contributed by atoms with Crippen LogP contribution in [0.2, 0.25) is 0 Å². The van der Waals surface area contributed by atoms with Crippen LogP contribution in [0, 0.1) is 6.92 Å². The number of nitrogens with zero attached hydrogens (tertiary/aromatic N) is 5. The number of piperazine rings is 1. The van der Waals surface area contributed by atoms with E-state index in [1.807, 2.05) is 42.9 Å². The molecular weight excluding hydrogens is 446 g/mol. The molecular formula is C18H26BrN5O3S. The molecule has 1 aromatic heterocycles. The highest BCUT2D eigenvalue weighted by molar-refractivity contribution is 9.10. The predicted molar refractivity (Wildman–Crippen MR) is 113 cm³/mol. The Morgan fingerprint density at radius 1 is 1.14 bits per heavy atom. The van der Waals surface area contributed by atoms with Gasteiger partial charge in [-0.05, 0) is 47.1 Å². The minimum Gasteiger partial charge on any atom is -0.487 e. The van der Waals surface area contributed by atoms with E-state index in [-0.39, 0.29) is 0 Å². The quantitative estimate of drug-likeness (QED) is 0.644. The molecule has 1 fully saturated rings. The van der Waals surface area contributed by atoms with Crippen molar-refractivity contribution in [2.75, 3.05) is 45.2 Å². The lowest BCUT2D eigenvalue weighted by Crippen LogP contribution is -2.51. The van der Waals surface area contributed by atoms with Gasteiger partial charge in [-0.15, -0.1) is 0 Å². The zero-order chi connectivity index (χ0) is 20.5. The first-order valence-corrected chi connectivity index (χ1v) is 11.2. The molecule has 0 saturated carbocycles. The van der Waals surface area contributed by atoms with Gasteiger partial charge in [0.1, 0.15) is 12.4 Å². The van der Waals surface area contributed by atoms with E-state index in [1.54, 1.807) is 14.1 Å². The fraction of sp³-hybridized carbons (Fsp3) is 0.500. The highest BCUT2D eigenvalue weighted by Crippen LogP contribution is 2.24. The zero-order valence-corrected chi connectivity index (χ0v) is 19.0. The van der Waals surface area contributed by atoms with Crippen molar-refractivity contribution in [3.63, 3.8) is 0 Å². The molecule has 0 N–H and O–H groups in total. The summed E-state index contributed by atoms with van der Waals surface area (Å²) in [5, 5.41) is 4.37. The van der Waals surface area contributed by atoms with Crippen molar-refractivity contribution < 1.29 is 13.2 Å². The van der Waals surface area contributed by atoms with Crippen molar-refractivity contribution in [3.8, 4) is 5.75 Å². The van der Waals surface area contributed by atoms with E-state index in [0.29, 0.717) is 32.8 Å². The van der Waals surface area contributed by atoms with Crippen LogP contribution in [0.1, 0.15) is 11.4 Å². The van der Waals surface area contributed by atoms with E-state index < -0.39 is 10.2 Å². The van der Waals surface area contributed by atoms with Crippen LogP contribution in [0.15, 0.2) is 28.7 Å². The van der Waals surface area contributed by atoms with Gasteiger partial charge < -0.3 is 9.64 Å². The predicted octanol–water partition coefficient (Wildman–Crippen LogP) is 2.00. The number of hydrogen-bond acceptors (Lipinski definition) is 5. The fourth-order valence-corrected chi connectivity index (χ4v) is 4.69. The number of aryl methyl sites for hydroxylation is 2. The first-order valence-electron chi connectivity index (χ1n) is 9.03. The molecule has 2 heterocycles. The third-order valence-electron chi connectivity index (χ3n) is 4.87. The van der Waals surface area contributed by atoms with Crippen molar-refractivity contribution in [1.29, 1.82) is 0 Å². The lowest BCUT2D eigenvalue weighted by molar-refractivity contribution is 0.294. The van der Waals surface area contributed by atoms with E-state index in [2.05, 4.69) is 25.9 Å². The molecule has 1 aromatic carbocycles. The average molecular weight is 472 g/mol. The number of benzene rings is 1. The Hall–Kier alpha value is -1.62. The molecule has 1 saturated heterocycles. The molecule has 8 nitrogen and oxygen atoms in total. The highest BCUT2D eigenvalue weighted by atomic mass is 79.9. The molecule has 1 aliphatic rings. The molecule has 0 aliphatic carbocycles. The van der Waals surface area contributed by atoms with Crippen molar-refractivity contribution in [1.82, 2.24) is 18.4 Å². The third kappa shape index (κ3) is 4.35. The summed E-state index contributed by atoms with van der Waals surface area (Å²) in [5.41, 5.74) is 2.98. The number of halogens is 1. The van der Waals surface area contributed by atoms with E-state index in [9.17, 15) is 8.42 Å². The Balaban J connectivity index is 1.58. The molecule has 0 bridgehead atoms. The van der Waals surface area contributed by atoms with Gasteiger partial charge in [-0.2, -0.15) is 22.1 Å². The van der Waals surface area contributed by atoms with E-state index in [4.69, 9.17) is 4.74 Å². The molecule has 1 aliphatic heterocycles. The number of hydrogen-bond donors (Lipinski definition) is 0. The van der Waals surface area contributed by atoms with Gasteiger partial charge in [-0.1, -0.05) is 0 Å². The van der Waals surface area contributed by atoms with Crippen molar-refractivity contribution >= 4 is 31.8 Å². The summed E-state index contributed by atoms with van der Waals surface area (Å²) in [6.07, 6.45) is 0. The summed E-state index contributed by atoms with van der Waals surface area (Å²) in [6, 6.07) is 7.90. The third-order valence-corrected chi connectivity index (χ3v) is 7.84. The van der Waals surface area contributed by atoms with E-state index >= 15 is 0 Å². The average Bonchev–Trinajstić information content (AvgIpc) is 2.92. The Kier molecular flexibility index (Phi) is 6.33. The van der Waals surface area contributed by atoms with E-state index in [1.165, 1.54) is 8.61 Å². The Morgan fingerprint density at radius 3 is 2.25 bits per heavy atom. The lowest BCUT2D eigenvalue weighted by atomic mass is 10.2. The SMILES string of the molecule is Cc1nn(C)c(COc2ccc(N3CCN(S(=O)(=O)N(C)C)CC3)cc2)c1Br. The molecule has 0 radical (unpaired) electrons. The molecule has 0 spiro atoms. The second-order valence-corrected chi connectivity index (χ2v) is 9.86. The second-order valence-electron chi connectivity index (χ2n) is 6.93. The first-order chi connectivity index (χ1) is 13.2. The lowest BCUT2D eigenvalue weighted by Gasteiger charge is -2.36. The number of rotatable bonds is 6. The molecule has 154 valence electrons. The van der Waals surface area contributed by atoms with Gasteiger partial charge in [0.15, 0.2) is 0 Å². The van der Waals surface area contributed by atoms with Crippen LogP contribution < -0.4 is 9.64 Å². The molecule has 10 heteroatoms. The van der Waals surface area contributed by atoms with Crippen molar-refractivity contribution in [2.45, 2.75) is 13.5 Å². The second kappa shape index (κ2) is 8.40. The van der Waals surface area contributed by atoms with Crippen LogP contribution in [0.4, 0.5) is 5.69 Å². The molecule has 0 unspecified atom stereocenters. The van der Waals surface area contributed by atoms with E-state index in [0.717, 1.165) is 27.3 Å². The Morgan fingerprint density at radius 2 is 1.75 bits per heavy atom. The summed E-state index contributed by atoms with van der Waals surface area (Å²) in [6.45, 7) is 4.66. The van der Waals surface area contributed by atoms with Crippen LogP contribution in [-0.4, -0.2) is 67.1 Å². The summed E-state index contributed by atoms with van der Waals surface area (Å²) in [5.74, 6) is 0.781. The summed E-state index contributed by atoms with van der Waals surface area (Å²) in [4.78, 5) is 2.19. The largest absolute Gasteiger partial charge is 0.487 e. The van der Waals surface area contributed by atoms with Gasteiger partial charge >= 0.3 is 0 Å². The Bertz CT molecular complexity index is 919. The smallest absolute Gasteiger partial charge is 0.281 e. The standard InChI is InChI=1S/C18H26BrN5O3S/c1-14-18(19)17(22(4)20-14)13-27-16-7-5-15(6-8-16)23-9-11-24(12-10-23)28(25,26)21(2)3/h5-8H,9-13H2,1-4H3. The molecule has 0 amide bonds. The zero-order valence-electron chi connectivity index (χ0n) is 16.6. The summed E-state index contributed by atoms with van der Waals surface area (Å²) < 4.78 is 35.9. The topological polar surface area (TPSA) is 70.9 Å². The number of anilines is 1. The van der Waals surface area contributed by atoms with Gasteiger partial charge in [0.2, 0.25) is 0 Å². The van der Waals surface area contributed by atoms with Crippen LogP contribution in [0.5, 0.6) is 5.75 Å². The fourth-order valence-electron chi connectivity index (χ4n) is 3.15. The molecule has 0 atom stereocenters. The number of ether oxygens (including phenoxy) is 1. The molecule has 28 heavy (non-hydrogen) atoms. The van der Waals surface area contributed by atoms with Crippen LogP contribution in [-0.2, 0) is 23.9 Å². The molecule has 2 aromatic rings. The Labute approximate surface area is 175 Å². The maximum Gasteiger partial charge on any atom is 0.281 e. The summed E-state index contributed by atoms with van der Waals surface area (Å²) in [7, 11) is 1.68. The number of aromatic nitrogens is 2. The highest BCUT2D eigenvalue weighted by Gasteiger charge is 2.28. The minimum atomic E-state index is -3.34. The normalized spacial score (nSPS) is 16.0. The van der Waals surface area contributed by atoms with Gasteiger partial charge in [-0.3, -0.25) is 4.68 Å². The molecule has 3 rings (SSSR count). The van der Waals surface area contributed by atoms with Crippen LogP contribution in [0.25, 0.3) is 0 Å². The van der Waals surface area contributed by atoms with Crippen LogP contribution in [0.3, 0.4) is 0 Å². The first kappa shape index (κ1) is 21.1. The maximum atomic E-state index is 12.2. The van der Waals surface area contributed by atoms with Crippen LogP contribution >= 0.6 is 15.9 Å². The minimum absolute atomic E-state index is 0.429. The van der Waals surface area contributed by atoms with Crippen molar-refractivity contribution in [2.24, 2.45) is 7.05 Å². The van der Waals surface area contributed by atoms with Gasteiger partial charge in [0.05, 0.1) is 15.9 Å². The van der Waals surface area contributed by atoms with Gasteiger partial charge in [0.25, 0.3) is 10.2 Å². The monoisotopic (exact) mass is 471 g/mol. The maximum absolute atomic E-state index is 12.2. The van der Waals surface area contributed by atoms with Crippen molar-refractivity contribution in [3.05, 3.63) is 40.1 Å². The van der Waals surface area contributed by atoms with Gasteiger partial charge in [-0.25, -0.2) is 0 Å². The summed E-state index contributed by atoms with van der Waals surface area (Å²) >= 11 is 3.55.